The fourth-order valence-corrected chi connectivity index (χ4v) is 6.44. The smallest absolute Gasteiger partial charge is 0.244 e. The molecule has 0 saturated carbocycles. The molecule has 0 bridgehead atoms. The largest absolute Gasteiger partial charge is 0.356 e. The third kappa shape index (κ3) is 7.47. The van der Waals surface area contributed by atoms with Gasteiger partial charge in [0.1, 0.15) is 24.5 Å². The number of carbonyl (C=O) groups is 3. The first kappa shape index (κ1) is 31.8. The summed E-state index contributed by atoms with van der Waals surface area (Å²) in [5.41, 5.74) is 4.80. The Morgan fingerprint density at radius 1 is 0.936 bits per heavy atom. The van der Waals surface area contributed by atoms with Gasteiger partial charge < -0.3 is 25.8 Å². The van der Waals surface area contributed by atoms with Crippen molar-refractivity contribution in [2.75, 3.05) is 42.2 Å². The first-order valence-corrected chi connectivity index (χ1v) is 16.0. The summed E-state index contributed by atoms with van der Waals surface area (Å²) in [5.74, 6) is 0.925. The van der Waals surface area contributed by atoms with E-state index in [2.05, 4.69) is 35.8 Å². The second-order valence-corrected chi connectivity index (χ2v) is 12.5. The molecule has 242 valence electrons. The van der Waals surface area contributed by atoms with Crippen molar-refractivity contribution in [3.63, 3.8) is 0 Å². The van der Waals surface area contributed by atoms with Crippen LogP contribution in [0.15, 0.2) is 79.4 Å². The number of nitrogens with zero attached hydrogens (tertiary/aromatic N) is 5. The molecule has 2 aromatic carbocycles. The molecule has 2 aliphatic rings. The van der Waals surface area contributed by atoms with Crippen LogP contribution in [0.4, 0.5) is 17.3 Å². The number of pyridine rings is 1. The van der Waals surface area contributed by atoms with Crippen LogP contribution in [0.3, 0.4) is 0 Å². The predicted octanol–water partition coefficient (Wildman–Crippen LogP) is 3.95. The van der Waals surface area contributed by atoms with Gasteiger partial charge in [0.2, 0.25) is 17.7 Å². The molecular weight excluding hydrogens is 592 g/mol. The Labute approximate surface area is 274 Å². The Balaban J connectivity index is 1.20. The average Bonchev–Trinajstić information content (AvgIpc) is 3.07. The molecule has 0 radical (unpaired) electrons. The van der Waals surface area contributed by atoms with E-state index in [0.717, 1.165) is 33.6 Å². The zero-order chi connectivity index (χ0) is 32.8. The summed E-state index contributed by atoms with van der Waals surface area (Å²) < 4.78 is 0. The zero-order valence-electron chi connectivity index (χ0n) is 26.8. The molecule has 2 aliphatic heterocycles. The second-order valence-electron chi connectivity index (χ2n) is 12.5. The molecule has 2 aromatic heterocycles. The lowest BCUT2D eigenvalue weighted by atomic mass is 9.78. The lowest BCUT2D eigenvalue weighted by Gasteiger charge is -2.41. The van der Waals surface area contributed by atoms with Crippen LogP contribution in [0.2, 0.25) is 0 Å². The third-order valence-electron chi connectivity index (χ3n) is 9.11. The van der Waals surface area contributed by atoms with Crippen molar-refractivity contribution in [3.8, 4) is 0 Å². The topological polar surface area (TPSA) is 132 Å². The van der Waals surface area contributed by atoms with E-state index < -0.39 is 5.41 Å². The van der Waals surface area contributed by atoms with Crippen molar-refractivity contribution < 1.29 is 14.4 Å². The summed E-state index contributed by atoms with van der Waals surface area (Å²) in [5, 5.41) is 9.10. The van der Waals surface area contributed by atoms with E-state index in [0.29, 0.717) is 56.9 Å². The van der Waals surface area contributed by atoms with E-state index in [1.165, 1.54) is 6.33 Å². The summed E-state index contributed by atoms with van der Waals surface area (Å²) in [6.07, 6.45) is 6.99. The van der Waals surface area contributed by atoms with E-state index >= 15 is 0 Å². The number of piperidine rings is 1. The highest BCUT2D eigenvalue weighted by molar-refractivity contribution is 5.96. The zero-order valence-corrected chi connectivity index (χ0v) is 26.8. The van der Waals surface area contributed by atoms with E-state index in [9.17, 15) is 14.4 Å². The van der Waals surface area contributed by atoms with E-state index in [-0.39, 0.29) is 30.7 Å². The monoisotopic (exact) mass is 632 g/mol. The Bertz CT molecular complexity index is 1750. The van der Waals surface area contributed by atoms with Crippen molar-refractivity contribution in [2.24, 2.45) is 5.41 Å². The molecule has 11 heteroatoms. The Morgan fingerprint density at radius 2 is 1.74 bits per heavy atom. The number of fused-ring (bicyclic) bond motifs is 2. The van der Waals surface area contributed by atoms with Gasteiger partial charge in [-0.2, -0.15) is 0 Å². The summed E-state index contributed by atoms with van der Waals surface area (Å²) >= 11 is 0. The fourth-order valence-electron chi connectivity index (χ4n) is 6.44. The van der Waals surface area contributed by atoms with Gasteiger partial charge in [0, 0.05) is 56.1 Å². The first-order chi connectivity index (χ1) is 22.8. The highest BCUT2D eigenvalue weighted by Crippen LogP contribution is 2.35. The number of nitrogens with one attached hydrogen (secondary N) is 3. The number of rotatable bonds is 9. The summed E-state index contributed by atoms with van der Waals surface area (Å²) in [7, 11) is 1.89. The molecule has 4 aromatic rings. The third-order valence-corrected chi connectivity index (χ3v) is 9.11. The minimum atomic E-state index is -0.636. The van der Waals surface area contributed by atoms with Crippen LogP contribution in [0.25, 0.3) is 0 Å². The number of benzene rings is 2. The van der Waals surface area contributed by atoms with Crippen molar-refractivity contribution in [3.05, 3.63) is 107 Å². The standard InChI is InChI=1S/C36H40N8O3/c1-36(12-16-43(17-13-36)31-11-15-38-24-40-31)35(47)44(22-28-7-4-3-6-27(28)21-37-2)23-33(46)41-30-10-9-25-18-26-8-5-14-39-34(26)42-32(45)20-29(25)19-30/h3-11,14-15,19,24,37H,12-13,16-18,20-23H2,1-2H3,(H,41,46)(H,39,42,45). The van der Waals surface area contributed by atoms with Crippen molar-refractivity contribution in [1.29, 1.82) is 0 Å². The molecule has 0 atom stereocenters. The van der Waals surface area contributed by atoms with Crippen molar-refractivity contribution in [1.82, 2.24) is 25.2 Å². The van der Waals surface area contributed by atoms with Crippen LogP contribution >= 0.6 is 0 Å². The lowest BCUT2D eigenvalue weighted by Crippen LogP contribution is -2.50. The number of hydrogen-bond donors (Lipinski definition) is 3. The number of anilines is 3. The van der Waals surface area contributed by atoms with Crippen LogP contribution in [0, 0.1) is 5.41 Å². The molecule has 3 amide bonds. The minimum absolute atomic E-state index is 0.0450. The van der Waals surface area contributed by atoms with Gasteiger partial charge in [0.05, 0.1) is 6.42 Å². The Kier molecular flexibility index (Phi) is 9.53. The van der Waals surface area contributed by atoms with E-state index in [1.807, 2.05) is 74.6 Å². The highest BCUT2D eigenvalue weighted by atomic mass is 16.2. The molecule has 0 spiro atoms. The molecule has 11 nitrogen and oxygen atoms in total. The van der Waals surface area contributed by atoms with Crippen molar-refractivity contribution >= 4 is 35.0 Å². The quantitative estimate of drug-likeness (QED) is 0.253. The van der Waals surface area contributed by atoms with E-state index in [4.69, 9.17) is 0 Å². The van der Waals surface area contributed by atoms with Crippen LogP contribution in [0.1, 0.15) is 47.6 Å². The Hall–Kier alpha value is -5.16. The van der Waals surface area contributed by atoms with Gasteiger partial charge in [-0.25, -0.2) is 15.0 Å². The number of aromatic nitrogens is 3. The average molecular weight is 633 g/mol. The Morgan fingerprint density at radius 3 is 2.51 bits per heavy atom. The molecule has 0 aliphatic carbocycles. The fraction of sp³-hybridized carbons (Fsp3) is 0.333. The molecular formula is C36H40N8O3. The number of hydrogen-bond acceptors (Lipinski definition) is 8. The first-order valence-electron chi connectivity index (χ1n) is 16.0. The summed E-state index contributed by atoms with van der Waals surface area (Å²) in [6, 6.07) is 19.3. The van der Waals surface area contributed by atoms with Gasteiger partial charge in [-0.05, 0) is 72.0 Å². The van der Waals surface area contributed by atoms with Gasteiger partial charge in [0.15, 0.2) is 0 Å². The van der Waals surface area contributed by atoms with E-state index in [1.54, 1.807) is 17.3 Å². The second kappa shape index (κ2) is 14.1. The normalized spacial score (nSPS) is 15.4. The van der Waals surface area contributed by atoms with Gasteiger partial charge in [-0.3, -0.25) is 14.4 Å². The molecule has 4 heterocycles. The SMILES string of the molecule is CNCc1ccccc1CN(CC(=O)Nc1ccc2c(c1)CC(=O)Nc1ncccc1C2)C(=O)C1(C)CCN(c2ccncn2)CC1. The minimum Gasteiger partial charge on any atom is -0.356 e. The lowest BCUT2D eigenvalue weighted by molar-refractivity contribution is -0.145. The summed E-state index contributed by atoms with van der Waals surface area (Å²) in [6.45, 7) is 4.23. The number of carbonyl (C=O) groups excluding carboxylic acids is 3. The highest BCUT2D eigenvalue weighted by Gasteiger charge is 2.40. The molecule has 1 saturated heterocycles. The maximum absolute atomic E-state index is 14.4. The van der Waals surface area contributed by atoms with Crippen LogP contribution in [0.5, 0.6) is 0 Å². The van der Waals surface area contributed by atoms with Gasteiger partial charge in [-0.1, -0.05) is 43.3 Å². The van der Waals surface area contributed by atoms with Crippen LogP contribution in [-0.4, -0.2) is 64.3 Å². The number of amides is 3. The maximum Gasteiger partial charge on any atom is 0.244 e. The molecule has 1 fully saturated rings. The maximum atomic E-state index is 14.4. The molecule has 6 rings (SSSR count). The van der Waals surface area contributed by atoms with Gasteiger partial charge in [-0.15, -0.1) is 0 Å². The van der Waals surface area contributed by atoms with Gasteiger partial charge >= 0.3 is 0 Å². The van der Waals surface area contributed by atoms with Crippen molar-refractivity contribution in [2.45, 2.75) is 45.7 Å². The van der Waals surface area contributed by atoms with Crippen LogP contribution in [-0.2, 0) is 40.3 Å². The van der Waals surface area contributed by atoms with Crippen LogP contribution < -0.4 is 20.9 Å². The molecule has 0 unspecified atom stereocenters. The molecule has 3 N–H and O–H groups in total. The molecule has 47 heavy (non-hydrogen) atoms. The predicted molar refractivity (Wildman–Crippen MR) is 181 cm³/mol. The van der Waals surface area contributed by atoms with Gasteiger partial charge in [0.25, 0.3) is 0 Å². The summed E-state index contributed by atoms with van der Waals surface area (Å²) in [4.78, 5) is 57.3.